The molecule has 0 unspecified atom stereocenters. The number of nitrogens with one attached hydrogen (secondary N) is 1. The molecule has 118 valence electrons. The second-order valence-corrected chi connectivity index (χ2v) is 8.79. The maximum Gasteiger partial charge on any atom is 0.304 e. The maximum atomic E-state index is 11.9. The highest BCUT2D eigenvalue weighted by molar-refractivity contribution is 7.89. The van der Waals surface area contributed by atoms with Gasteiger partial charge in [0.25, 0.3) is 0 Å². The van der Waals surface area contributed by atoms with Gasteiger partial charge in [0.2, 0.25) is 20.0 Å². The van der Waals surface area contributed by atoms with E-state index in [2.05, 4.69) is 4.72 Å². The van der Waals surface area contributed by atoms with Gasteiger partial charge < -0.3 is 5.11 Å². The standard InChI is InChI=1S/C10H20N2O6S2/c1-2-19(15,16)11-9-3-6-12(7-4-9)20(17,18)8-5-10(13)14/h9,11H,2-8H2,1H3,(H,13,14). The molecule has 0 atom stereocenters. The van der Waals surface area contributed by atoms with Crippen LogP contribution < -0.4 is 4.72 Å². The van der Waals surface area contributed by atoms with Crippen molar-refractivity contribution in [1.82, 2.24) is 9.03 Å². The molecule has 0 radical (unpaired) electrons. The van der Waals surface area contributed by atoms with E-state index in [1.54, 1.807) is 0 Å². The highest BCUT2D eigenvalue weighted by Crippen LogP contribution is 2.15. The number of carboxylic acid groups (broad SMARTS) is 1. The van der Waals surface area contributed by atoms with Gasteiger partial charge in [0.05, 0.1) is 17.9 Å². The summed E-state index contributed by atoms with van der Waals surface area (Å²) in [6.45, 7) is 1.95. The first kappa shape index (κ1) is 17.3. The van der Waals surface area contributed by atoms with Gasteiger partial charge in [-0.1, -0.05) is 0 Å². The predicted molar refractivity (Wildman–Crippen MR) is 73.2 cm³/mol. The predicted octanol–water partition coefficient (Wildman–Crippen LogP) is -0.805. The number of hydrogen-bond acceptors (Lipinski definition) is 5. The molecule has 0 aromatic carbocycles. The minimum absolute atomic E-state index is 0.00980. The number of nitrogens with zero attached hydrogens (tertiary/aromatic N) is 1. The monoisotopic (exact) mass is 328 g/mol. The Kier molecular flexibility index (Phi) is 5.92. The van der Waals surface area contributed by atoms with E-state index in [-0.39, 0.29) is 24.9 Å². The summed E-state index contributed by atoms with van der Waals surface area (Å²) in [5.74, 6) is -1.59. The Hall–Kier alpha value is -0.710. The van der Waals surface area contributed by atoms with Crippen molar-refractivity contribution in [2.75, 3.05) is 24.6 Å². The first-order chi connectivity index (χ1) is 9.16. The van der Waals surface area contributed by atoms with E-state index in [9.17, 15) is 21.6 Å². The van der Waals surface area contributed by atoms with Crippen LogP contribution in [0.15, 0.2) is 0 Å². The first-order valence-corrected chi connectivity index (χ1v) is 9.62. The number of rotatable bonds is 7. The van der Waals surface area contributed by atoms with Crippen LogP contribution in [0, 0.1) is 0 Å². The van der Waals surface area contributed by atoms with Gasteiger partial charge in [-0.25, -0.2) is 25.9 Å². The molecule has 0 saturated carbocycles. The average molecular weight is 328 g/mol. The van der Waals surface area contributed by atoms with Gasteiger partial charge in [-0.3, -0.25) is 4.79 Å². The summed E-state index contributed by atoms with van der Waals surface area (Å²) in [6, 6.07) is -0.258. The second-order valence-electron chi connectivity index (χ2n) is 4.65. The van der Waals surface area contributed by atoms with Crippen LogP contribution in [0.25, 0.3) is 0 Å². The highest BCUT2D eigenvalue weighted by atomic mass is 32.2. The Labute approximate surface area is 119 Å². The van der Waals surface area contributed by atoms with E-state index in [4.69, 9.17) is 5.11 Å². The topological polar surface area (TPSA) is 121 Å². The number of sulfonamides is 2. The van der Waals surface area contributed by atoms with Crippen LogP contribution in [-0.2, 0) is 24.8 Å². The summed E-state index contributed by atoms with van der Waals surface area (Å²) < 4.78 is 50.3. The zero-order chi connectivity index (χ0) is 15.4. The Balaban J connectivity index is 2.51. The molecule has 10 heteroatoms. The Morgan fingerprint density at radius 1 is 1.25 bits per heavy atom. The van der Waals surface area contributed by atoms with Crippen LogP contribution in [0.2, 0.25) is 0 Å². The van der Waals surface area contributed by atoms with Gasteiger partial charge in [0.1, 0.15) is 0 Å². The van der Waals surface area contributed by atoms with Crippen LogP contribution >= 0.6 is 0 Å². The van der Waals surface area contributed by atoms with Crippen molar-refractivity contribution < 1.29 is 26.7 Å². The zero-order valence-corrected chi connectivity index (χ0v) is 12.9. The van der Waals surface area contributed by atoms with E-state index in [1.807, 2.05) is 0 Å². The number of hydrogen-bond donors (Lipinski definition) is 2. The molecule has 0 aliphatic carbocycles. The first-order valence-electron chi connectivity index (χ1n) is 6.36. The zero-order valence-electron chi connectivity index (χ0n) is 11.3. The third-order valence-corrected chi connectivity index (χ3v) is 6.47. The van der Waals surface area contributed by atoms with Crippen LogP contribution in [0.5, 0.6) is 0 Å². The molecule has 1 aliphatic rings. The minimum atomic E-state index is -3.58. The fourth-order valence-electron chi connectivity index (χ4n) is 1.93. The number of piperidine rings is 1. The summed E-state index contributed by atoms with van der Waals surface area (Å²) >= 11 is 0. The molecule has 1 aliphatic heterocycles. The molecule has 2 N–H and O–H groups in total. The van der Waals surface area contributed by atoms with E-state index in [0.29, 0.717) is 12.8 Å². The fourth-order valence-corrected chi connectivity index (χ4v) is 4.30. The number of carboxylic acids is 1. The van der Waals surface area contributed by atoms with Crippen LogP contribution in [0.3, 0.4) is 0 Å². The lowest BCUT2D eigenvalue weighted by Gasteiger charge is -2.31. The van der Waals surface area contributed by atoms with Crippen molar-refractivity contribution in [3.05, 3.63) is 0 Å². The van der Waals surface area contributed by atoms with Crippen LogP contribution in [-0.4, -0.2) is 62.9 Å². The fraction of sp³-hybridized carbons (Fsp3) is 0.900. The molecule has 0 amide bonds. The normalized spacial score (nSPS) is 19.1. The van der Waals surface area contributed by atoms with Crippen molar-refractivity contribution in [3.63, 3.8) is 0 Å². The third kappa shape index (κ3) is 5.35. The summed E-state index contributed by atoms with van der Waals surface area (Å²) in [7, 11) is -6.87. The van der Waals surface area contributed by atoms with Gasteiger partial charge in [0.15, 0.2) is 0 Å². The summed E-state index contributed by atoms with van der Waals surface area (Å²) in [5, 5.41) is 8.51. The van der Waals surface area contributed by atoms with Crippen molar-refractivity contribution in [1.29, 1.82) is 0 Å². The molecule has 20 heavy (non-hydrogen) atoms. The quantitative estimate of drug-likeness (QED) is 0.631. The van der Waals surface area contributed by atoms with Crippen molar-refractivity contribution in [2.45, 2.75) is 32.2 Å². The van der Waals surface area contributed by atoms with Crippen molar-refractivity contribution >= 4 is 26.0 Å². The lowest BCUT2D eigenvalue weighted by atomic mass is 10.1. The summed E-state index contributed by atoms with van der Waals surface area (Å²) in [4.78, 5) is 10.4. The second kappa shape index (κ2) is 6.83. The molecular formula is C10H20N2O6S2. The number of carbonyl (C=O) groups is 1. The van der Waals surface area contributed by atoms with Gasteiger partial charge in [-0.15, -0.1) is 0 Å². The molecular weight excluding hydrogens is 308 g/mol. The third-order valence-electron chi connectivity index (χ3n) is 3.15. The summed E-state index contributed by atoms with van der Waals surface area (Å²) in [5.41, 5.74) is 0. The SMILES string of the molecule is CCS(=O)(=O)NC1CCN(S(=O)(=O)CCC(=O)O)CC1. The number of aliphatic carboxylic acids is 1. The Morgan fingerprint density at radius 2 is 1.80 bits per heavy atom. The molecule has 1 fully saturated rings. The van der Waals surface area contributed by atoms with Gasteiger partial charge in [-0.05, 0) is 19.8 Å². The van der Waals surface area contributed by atoms with Crippen LogP contribution in [0.1, 0.15) is 26.2 Å². The molecule has 1 heterocycles. The molecule has 1 rings (SSSR count). The van der Waals surface area contributed by atoms with E-state index >= 15 is 0 Å². The smallest absolute Gasteiger partial charge is 0.304 e. The molecule has 0 bridgehead atoms. The highest BCUT2D eigenvalue weighted by Gasteiger charge is 2.29. The summed E-state index contributed by atoms with van der Waals surface area (Å²) in [6.07, 6.45) is 0.363. The van der Waals surface area contributed by atoms with Gasteiger partial charge in [-0.2, -0.15) is 0 Å². The van der Waals surface area contributed by atoms with Crippen molar-refractivity contribution in [3.8, 4) is 0 Å². The van der Waals surface area contributed by atoms with E-state index < -0.39 is 38.2 Å². The molecule has 0 aromatic heterocycles. The Bertz CT molecular complexity index is 534. The van der Waals surface area contributed by atoms with Crippen LogP contribution in [0.4, 0.5) is 0 Å². The lowest BCUT2D eigenvalue weighted by Crippen LogP contribution is -2.47. The molecule has 8 nitrogen and oxygen atoms in total. The molecule has 1 saturated heterocycles. The minimum Gasteiger partial charge on any atom is -0.481 e. The van der Waals surface area contributed by atoms with E-state index in [1.165, 1.54) is 11.2 Å². The molecule has 0 spiro atoms. The van der Waals surface area contributed by atoms with Gasteiger partial charge in [0, 0.05) is 19.1 Å². The Morgan fingerprint density at radius 3 is 2.25 bits per heavy atom. The average Bonchev–Trinajstić information content (AvgIpc) is 2.37. The maximum absolute atomic E-state index is 11.9. The van der Waals surface area contributed by atoms with Gasteiger partial charge >= 0.3 is 5.97 Å². The largest absolute Gasteiger partial charge is 0.481 e. The van der Waals surface area contributed by atoms with Crippen molar-refractivity contribution in [2.24, 2.45) is 0 Å². The van der Waals surface area contributed by atoms with E-state index in [0.717, 1.165) is 0 Å². The lowest BCUT2D eigenvalue weighted by molar-refractivity contribution is -0.136. The molecule has 0 aromatic rings.